The van der Waals surface area contributed by atoms with Gasteiger partial charge in [-0.05, 0) is 29.8 Å². The van der Waals surface area contributed by atoms with Gasteiger partial charge >= 0.3 is 0 Å². The molecule has 0 aliphatic carbocycles. The Morgan fingerprint density at radius 1 is 1.05 bits per heavy atom. The molecule has 3 aromatic carbocycles. The van der Waals surface area contributed by atoms with E-state index >= 15 is 0 Å². The molecule has 0 fully saturated rings. The van der Waals surface area contributed by atoms with Crippen molar-refractivity contribution in [3.63, 3.8) is 0 Å². The number of nitrogens with zero attached hydrogens (tertiary/aromatic N) is 2. The molecule has 0 saturated carbocycles. The number of hydrogen-bond donors (Lipinski definition) is 4. The van der Waals surface area contributed by atoms with Gasteiger partial charge in [-0.2, -0.15) is 5.10 Å². The molecule has 4 aromatic rings. The molecule has 3 amide bonds. The summed E-state index contributed by atoms with van der Waals surface area (Å²) in [6.07, 6.45) is 3.49. The van der Waals surface area contributed by atoms with Crippen molar-refractivity contribution in [3.05, 3.63) is 101 Å². The minimum Gasteiger partial charge on any atom is -0.506 e. The number of halogens is 1. The van der Waals surface area contributed by atoms with Crippen molar-refractivity contribution in [2.45, 2.75) is 19.0 Å². The summed E-state index contributed by atoms with van der Waals surface area (Å²) in [5.41, 5.74) is 10.5. The number of aromatic hydroxyl groups is 1. The lowest BCUT2D eigenvalue weighted by atomic mass is 10.1. The van der Waals surface area contributed by atoms with Gasteiger partial charge in [0.1, 0.15) is 18.3 Å². The van der Waals surface area contributed by atoms with Crippen molar-refractivity contribution < 1.29 is 19.5 Å². The van der Waals surface area contributed by atoms with Crippen molar-refractivity contribution in [1.82, 2.24) is 15.3 Å². The van der Waals surface area contributed by atoms with Crippen LogP contribution in [0.2, 0.25) is 5.02 Å². The molecule has 10 heteroatoms. The summed E-state index contributed by atoms with van der Waals surface area (Å²) < 4.78 is 1.73. The van der Waals surface area contributed by atoms with Gasteiger partial charge in [0.05, 0.1) is 11.2 Å². The van der Waals surface area contributed by atoms with Crippen LogP contribution in [0, 0.1) is 0 Å². The van der Waals surface area contributed by atoms with Crippen molar-refractivity contribution in [3.8, 4) is 5.75 Å². The van der Waals surface area contributed by atoms with Crippen LogP contribution in [-0.4, -0.2) is 39.7 Å². The second kappa shape index (κ2) is 11.4. The van der Waals surface area contributed by atoms with Crippen LogP contribution in [0.3, 0.4) is 0 Å². The Labute approximate surface area is 217 Å². The zero-order chi connectivity index (χ0) is 26.4. The summed E-state index contributed by atoms with van der Waals surface area (Å²) in [5, 5.41) is 17.1. The first-order chi connectivity index (χ1) is 17.8. The minimum absolute atomic E-state index is 0.0503. The lowest BCUT2D eigenvalue weighted by molar-refractivity contribution is -0.127. The Balaban J connectivity index is 1.47. The summed E-state index contributed by atoms with van der Waals surface area (Å²) in [6, 6.07) is 20.0. The fourth-order valence-electron chi connectivity index (χ4n) is 3.85. The fourth-order valence-corrected chi connectivity index (χ4v) is 4.03. The third kappa shape index (κ3) is 6.33. The first-order valence-corrected chi connectivity index (χ1v) is 11.7. The smallest absolute Gasteiger partial charge is 0.271 e. The number of hydrogen-bond acceptors (Lipinski definition) is 5. The first-order valence-electron chi connectivity index (χ1n) is 11.3. The highest BCUT2D eigenvalue weighted by Crippen LogP contribution is 2.23. The van der Waals surface area contributed by atoms with Gasteiger partial charge in [0.25, 0.3) is 5.91 Å². The van der Waals surface area contributed by atoms with Crippen LogP contribution in [0.4, 0.5) is 0 Å². The summed E-state index contributed by atoms with van der Waals surface area (Å²) >= 11 is 5.86. The molecule has 188 valence electrons. The third-order valence-electron chi connectivity index (χ3n) is 5.67. The molecule has 0 aliphatic heterocycles. The zero-order valence-electron chi connectivity index (χ0n) is 19.6. The highest BCUT2D eigenvalue weighted by atomic mass is 35.5. The van der Waals surface area contributed by atoms with E-state index < -0.39 is 17.9 Å². The number of nitrogens with two attached hydrogens (primary N) is 1. The number of carbonyl (C=O) groups excluding carboxylic acids is 3. The number of phenols is 1. The molecule has 1 aromatic heterocycles. The van der Waals surface area contributed by atoms with Gasteiger partial charge < -0.3 is 20.7 Å². The number of para-hydroxylation sites is 1. The van der Waals surface area contributed by atoms with Crippen LogP contribution in [0.15, 0.2) is 84.1 Å². The maximum absolute atomic E-state index is 12.8. The van der Waals surface area contributed by atoms with E-state index in [0.29, 0.717) is 5.56 Å². The van der Waals surface area contributed by atoms with Gasteiger partial charge in [0.15, 0.2) is 0 Å². The largest absolute Gasteiger partial charge is 0.506 e. The summed E-state index contributed by atoms with van der Waals surface area (Å²) in [6.45, 7) is -0.0503. The number of amides is 3. The Morgan fingerprint density at radius 2 is 1.78 bits per heavy atom. The van der Waals surface area contributed by atoms with Crippen LogP contribution < -0.4 is 16.5 Å². The van der Waals surface area contributed by atoms with Crippen LogP contribution in [0.5, 0.6) is 5.75 Å². The number of benzene rings is 3. The van der Waals surface area contributed by atoms with E-state index in [0.717, 1.165) is 16.5 Å². The number of aromatic nitrogens is 1. The van der Waals surface area contributed by atoms with Crippen molar-refractivity contribution in [2.75, 3.05) is 0 Å². The van der Waals surface area contributed by atoms with Gasteiger partial charge in [0.2, 0.25) is 11.8 Å². The molecule has 0 radical (unpaired) electrons. The Kier molecular flexibility index (Phi) is 7.85. The molecule has 5 N–H and O–H groups in total. The van der Waals surface area contributed by atoms with Crippen molar-refractivity contribution >= 4 is 46.4 Å². The fraction of sp³-hybridized carbons (Fsp3) is 0.111. The lowest BCUT2D eigenvalue weighted by Gasteiger charge is -2.16. The molecule has 4 rings (SSSR count). The first kappa shape index (κ1) is 25.5. The van der Waals surface area contributed by atoms with E-state index in [9.17, 15) is 19.5 Å². The molecule has 9 nitrogen and oxygen atoms in total. The molecule has 1 unspecified atom stereocenters. The molecule has 0 saturated heterocycles. The standard InChI is InChI=1S/C27H24ClN5O4/c28-21-13-18(10-11-24(21)34)27(37)32-30-14-19-15-33(23-9-5-4-8-20(19)23)16-25(35)31-22(26(29)36)12-17-6-2-1-3-7-17/h1-11,13-15,22,34H,12,16H2,(H2,29,36)(H,31,35)(H,32,37). The van der Waals surface area contributed by atoms with Gasteiger partial charge in [-0.3, -0.25) is 14.4 Å². The molecule has 0 spiro atoms. The molecule has 1 heterocycles. The van der Waals surface area contributed by atoms with Crippen molar-refractivity contribution in [1.29, 1.82) is 0 Å². The predicted octanol–water partition coefficient (Wildman–Crippen LogP) is 2.98. The van der Waals surface area contributed by atoms with Gasteiger partial charge in [-0.25, -0.2) is 5.43 Å². The number of fused-ring (bicyclic) bond motifs is 1. The maximum atomic E-state index is 12.8. The molecular weight excluding hydrogens is 494 g/mol. The number of hydrazone groups is 1. The molecule has 37 heavy (non-hydrogen) atoms. The number of rotatable bonds is 9. The molecule has 1 atom stereocenters. The monoisotopic (exact) mass is 517 g/mol. The second-order valence-electron chi connectivity index (χ2n) is 8.31. The topological polar surface area (TPSA) is 139 Å². The number of nitrogens with one attached hydrogen (secondary N) is 2. The molecule has 0 bridgehead atoms. The lowest BCUT2D eigenvalue weighted by Crippen LogP contribution is -2.46. The average Bonchev–Trinajstić information content (AvgIpc) is 3.23. The van der Waals surface area contributed by atoms with Crippen molar-refractivity contribution in [2.24, 2.45) is 10.8 Å². The summed E-state index contributed by atoms with van der Waals surface area (Å²) in [4.78, 5) is 37.1. The Hall–Kier alpha value is -4.63. The Morgan fingerprint density at radius 3 is 2.51 bits per heavy atom. The molecule has 0 aliphatic rings. The summed E-state index contributed by atoms with van der Waals surface area (Å²) in [7, 11) is 0. The maximum Gasteiger partial charge on any atom is 0.271 e. The van der Waals surface area contributed by atoms with E-state index in [-0.39, 0.29) is 35.2 Å². The summed E-state index contributed by atoms with van der Waals surface area (Å²) in [5.74, 6) is -1.62. The van der Waals surface area contributed by atoms with E-state index in [1.807, 2.05) is 54.6 Å². The van der Waals surface area contributed by atoms with Crippen LogP contribution in [-0.2, 0) is 22.6 Å². The number of phenolic OH excluding ortho intramolecular Hbond substituents is 1. The normalized spacial score (nSPS) is 11.9. The SMILES string of the molecule is NC(=O)C(Cc1ccccc1)NC(=O)Cn1cc(C=NNC(=O)c2ccc(O)c(Cl)c2)c2ccccc21. The van der Waals surface area contributed by atoms with Gasteiger partial charge in [-0.15, -0.1) is 0 Å². The van der Waals surface area contributed by atoms with Crippen LogP contribution in [0.25, 0.3) is 10.9 Å². The number of carbonyl (C=O) groups is 3. The zero-order valence-corrected chi connectivity index (χ0v) is 20.4. The third-order valence-corrected chi connectivity index (χ3v) is 5.98. The van der Waals surface area contributed by atoms with E-state index in [2.05, 4.69) is 15.8 Å². The van der Waals surface area contributed by atoms with Crippen LogP contribution >= 0.6 is 11.6 Å². The quantitative estimate of drug-likeness (QED) is 0.200. The van der Waals surface area contributed by atoms with E-state index in [1.54, 1.807) is 10.8 Å². The average molecular weight is 518 g/mol. The minimum atomic E-state index is -0.846. The number of primary amides is 1. The molecular formula is C27H24ClN5O4. The predicted molar refractivity (Wildman–Crippen MR) is 141 cm³/mol. The van der Waals surface area contributed by atoms with Gasteiger partial charge in [0, 0.05) is 34.6 Å². The second-order valence-corrected chi connectivity index (χ2v) is 8.71. The van der Waals surface area contributed by atoms with E-state index in [4.69, 9.17) is 17.3 Å². The highest BCUT2D eigenvalue weighted by Gasteiger charge is 2.19. The Bertz CT molecular complexity index is 1480. The van der Waals surface area contributed by atoms with E-state index in [1.165, 1.54) is 24.4 Å². The van der Waals surface area contributed by atoms with Gasteiger partial charge in [-0.1, -0.05) is 60.1 Å². The van der Waals surface area contributed by atoms with Crippen LogP contribution in [0.1, 0.15) is 21.5 Å². The highest BCUT2D eigenvalue weighted by molar-refractivity contribution is 6.32.